The minimum atomic E-state index is -2.53. The average Bonchev–Trinajstić information content (AvgIpc) is 2.46. The Hall–Kier alpha value is -1.69. The highest BCUT2D eigenvalue weighted by Gasteiger charge is 2.24. The van der Waals surface area contributed by atoms with Crippen molar-refractivity contribution in [2.45, 2.75) is 19.0 Å². The van der Waals surface area contributed by atoms with Crippen molar-refractivity contribution in [1.29, 1.82) is 0 Å². The maximum absolute atomic E-state index is 12.1. The third kappa shape index (κ3) is 4.45. The number of hydrogen-bond donors (Lipinski definition) is 1. The van der Waals surface area contributed by atoms with Gasteiger partial charge in [0.2, 0.25) is 0 Å². The van der Waals surface area contributed by atoms with Gasteiger partial charge in [0.1, 0.15) is 0 Å². The molecule has 1 aromatic rings. The molecule has 0 spiro atoms. The van der Waals surface area contributed by atoms with Crippen LogP contribution in [0.4, 0.5) is 13.6 Å². The third-order valence-corrected chi connectivity index (χ3v) is 3.14. The zero-order valence-corrected chi connectivity index (χ0v) is 11.1. The lowest BCUT2D eigenvalue weighted by atomic mass is 10.1. The van der Waals surface area contributed by atoms with Crippen molar-refractivity contribution in [1.82, 2.24) is 10.2 Å². The molecule has 1 heterocycles. The van der Waals surface area contributed by atoms with Crippen LogP contribution < -0.4 is 5.32 Å². The molecule has 1 aromatic carbocycles. The molecule has 0 bridgehead atoms. The quantitative estimate of drug-likeness (QED) is 0.917. The van der Waals surface area contributed by atoms with Gasteiger partial charge in [0.25, 0.3) is 6.43 Å². The van der Waals surface area contributed by atoms with E-state index in [0.717, 1.165) is 5.56 Å². The zero-order chi connectivity index (χ0) is 14.4. The minimum absolute atomic E-state index is 0.0940. The predicted molar refractivity (Wildman–Crippen MR) is 70.9 cm³/mol. The number of morpholine rings is 1. The number of urea groups is 1. The van der Waals surface area contributed by atoms with Crippen LogP contribution in [0.5, 0.6) is 0 Å². The lowest BCUT2D eigenvalue weighted by molar-refractivity contribution is -0.0137. The van der Waals surface area contributed by atoms with Gasteiger partial charge >= 0.3 is 6.03 Å². The Bertz CT molecular complexity index is 428. The average molecular weight is 284 g/mol. The molecular weight excluding hydrogens is 266 g/mol. The molecule has 1 aliphatic rings. The first-order valence-electron chi connectivity index (χ1n) is 6.61. The van der Waals surface area contributed by atoms with E-state index in [0.29, 0.717) is 26.1 Å². The fourth-order valence-electron chi connectivity index (χ4n) is 2.18. The Labute approximate surface area is 116 Å². The SMILES string of the molecule is O=C(NCC(F)F)N1CCO[C@H](Cc2ccccc2)C1. The highest BCUT2D eigenvalue weighted by atomic mass is 19.3. The zero-order valence-electron chi connectivity index (χ0n) is 11.1. The highest BCUT2D eigenvalue weighted by Crippen LogP contribution is 2.11. The van der Waals surface area contributed by atoms with E-state index in [-0.39, 0.29) is 6.10 Å². The first kappa shape index (κ1) is 14.7. The number of halogens is 2. The molecule has 0 radical (unpaired) electrons. The predicted octanol–water partition coefficient (Wildman–Crippen LogP) is 1.90. The first-order valence-corrected chi connectivity index (χ1v) is 6.61. The summed E-state index contributed by atoms with van der Waals surface area (Å²) in [6.07, 6.45) is -1.91. The van der Waals surface area contributed by atoms with Crippen LogP contribution in [-0.4, -0.2) is 49.7 Å². The van der Waals surface area contributed by atoms with E-state index in [1.54, 1.807) is 0 Å². The molecule has 1 N–H and O–H groups in total. The normalized spacial score (nSPS) is 19.1. The van der Waals surface area contributed by atoms with Crippen molar-refractivity contribution in [3.8, 4) is 0 Å². The third-order valence-electron chi connectivity index (χ3n) is 3.14. The fourth-order valence-corrected chi connectivity index (χ4v) is 2.18. The van der Waals surface area contributed by atoms with Crippen LogP contribution in [0.1, 0.15) is 5.56 Å². The number of nitrogens with zero attached hydrogens (tertiary/aromatic N) is 1. The number of carbonyl (C=O) groups is 1. The van der Waals surface area contributed by atoms with Crippen molar-refractivity contribution in [3.63, 3.8) is 0 Å². The van der Waals surface area contributed by atoms with Crippen molar-refractivity contribution in [2.24, 2.45) is 0 Å². The Morgan fingerprint density at radius 3 is 2.85 bits per heavy atom. The molecule has 1 fully saturated rings. The summed E-state index contributed by atoms with van der Waals surface area (Å²) in [6.45, 7) is 0.670. The van der Waals surface area contributed by atoms with E-state index < -0.39 is 19.0 Å². The number of alkyl halides is 2. The maximum Gasteiger partial charge on any atom is 0.317 e. The summed E-state index contributed by atoms with van der Waals surface area (Å²) < 4.78 is 29.8. The van der Waals surface area contributed by atoms with E-state index in [2.05, 4.69) is 5.32 Å². The first-order chi connectivity index (χ1) is 9.65. The molecule has 20 heavy (non-hydrogen) atoms. The van der Waals surface area contributed by atoms with Gasteiger partial charge < -0.3 is 15.0 Å². The van der Waals surface area contributed by atoms with Crippen LogP contribution in [-0.2, 0) is 11.2 Å². The smallest absolute Gasteiger partial charge is 0.317 e. The summed E-state index contributed by atoms with van der Waals surface area (Å²) in [5.41, 5.74) is 1.13. The molecule has 1 saturated heterocycles. The molecule has 2 rings (SSSR count). The van der Waals surface area contributed by atoms with E-state index in [1.165, 1.54) is 4.90 Å². The molecule has 1 aliphatic heterocycles. The lowest BCUT2D eigenvalue weighted by Gasteiger charge is -2.33. The van der Waals surface area contributed by atoms with Gasteiger partial charge in [-0.1, -0.05) is 30.3 Å². The van der Waals surface area contributed by atoms with Crippen LogP contribution >= 0.6 is 0 Å². The molecule has 1 atom stereocenters. The number of nitrogens with one attached hydrogen (secondary N) is 1. The number of hydrogen-bond acceptors (Lipinski definition) is 2. The van der Waals surface area contributed by atoms with E-state index in [9.17, 15) is 13.6 Å². The van der Waals surface area contributed by atoms with Gasteiger partial charge in [-0.25, -0.2) is 13.6 Å². The number of amides is 2. The standard InChI is InChI=1S/C14H18F2N2O2/c15-13(16)9-17-14(19)18-6-7-20-12(10-18)8-11-4-2-1-3-5-11/h1-5,12-13H,6-10H2,(H,17,19)/t12-/m1/s1. The van der Waals surface area contributed by atoms with E-state index in [4.69, 9.17) is 4.74 Å². The van der Waals surface area contributed by atoms with Crippen LogP contribution in [0.3, 0.4) is 0 Å². The van der Waals surface area contributed by atoms with Gasteiger partial charge in [0, 0.05) is 19.5 Å². The van der Waals surface area contributed by atoms with Crippen molar-refractivity contribution in [3.05, 3.63) is 35.9 Å². The van der Waals surface area contributed by atoms with Crippen molar-refractivity contribution in [2.75, 3.05) is 26.2 Å². The second-order valence-corrected chi connectivity index (χ2v) is 4.71. The Kier molecular flexibility index (Phi) is 5.29. The lowest BCUT2D eigenvalue weighted by Crippen LogP contribution is -2.50. The largest absolute Gasteiger partial charge is 0.374 e. The Balaban J connectivity index is 1.83. The van der Waals surface area contributed by atoms with E-state index in [1.807, 2.05) is 30.3 Å². The molecule has 110 valence electrons. The summed E-state index contributed by atoms with van der Waals surface area (Å²) in [5, 5.41) is 2.22. The highest BCUT2D eigenvalue weighted by molar-refractivity contribution is 5.74. The van der Waals surface area contributed by atoms with Crippen molar-refractivity contribution >= 4 is 6.03 Å². The van der Waals surface area contributed by atoms with Gasteiger partial charge in [-0.2, -0.15) is 0 Å². The van der Waals surface area contributed by atoms with Gasteiger partial charge in [-0.15, -0.1) is 0 Å². The van der Waals surface area contributed by atoms with Gasteiger partial charge in [-0.3, -0.25) is 0 Å². The Morgan fingerprint density at radius 2 is 2.15 bits per heavy atom. The van der Waals surface area contributed by atoms with Crippen LogP contribution in [0.15, 0.2) is 30.3 Å². The molecule has 0 saturated carbocycles. The molecule has 0 aliphatic carbocycles. The van der Waals surface area contributed by atoms with Crippen LogP contribution in [0.2, 0.25) is 0 Å². The molecular formula is C14H18F2N2O2. The van der Waals surface area contributed by atoms with Gasteiger partial charge in [0.15, 0.2) is 0 Å². The molecule has 6 heteroatoms. The molecule has 2 amide bonds. The number of carbonyl (C=O) groups excluding carboxylic acids is 1. The molecule has 0 unspecified atom stereocenters. The number of benzene rings is 1. The minimum Gasteiger partial charge on any atom is -0.374 e. The fraction of sp³-hybridized carbons (Fsp3) is 0.500. The topological polar surface area (TPSA) is 41.6 Å². The second kappa shape index (κ2) is 7.19. The van der Waals surface area contributed by atoms with E-state index >= 15 is 0 Å². The summed E-state index contributed by atoms with van der Waals surface area (Å²) >= 11 is 0. The van der Waals surface area contributed by atoms with Gasteiger partial charge in [0.05, 0.1) is 19.3 Å². The second-order valence-electron chi connectivity index (χ2n) is 4.71. The number of ether oxygens (including phenoxy) is 1. The van der Waals surface area contributed by atoms with Gasteiger partial charge in [-0.05, 0) is 5.56 Å². The van der Waals surface area contributed by atoms with Crippen LogP contribution in [0.25, 0.3) is 0 Å². The molecule has 4 nitrogen and oxygen atoms in total. The number of rotatable bonds is 4. The summed E-state index contributed by atoms with van der Waals surface area (Å²) in [6, 6.07) is 9.39. The monoisotopic (exact) mass is 284 g/mol. The summed E-state index contributed by atoms with van der Waals surface area (Å²) in [4.78, 5) is 13.3. The Morgan fingerprint density at radius 1 is 1.40 bits per heavy atom. The molecule has 0 aromatic heterocycles. The summed E-state index contributed by atoms with van der Waals surface area (Å²) in [5.74, 6) is 0. The van der Waals surface area contributed by atoms with Crippen LogP contribution in [0, 0.1) is 0 Å². The van der Waals surface area contributed by atoms with Crippen molar-refractivity contribution < 1.29 is 18.3 Å². The summed E-state index contributed by atoms with van der Waals surface area (Å²) in [7, 11) is 0. The maximum atomic E-state index is 12.1.